The van der Waals surface area contributed by atoms with Crippen molar-refractivity contribution in [2.45, 2.75) is 64.1 Å². The summed E-state index contributed by atoms with van der Waals surface area (Å²) in [6.07, 6.45) is 6.76. The van der Waals surface area contributed by atoms with Crippen LogP contribution in [0.2, 0.25) is 0 Å². The maximum absolute atomic E-state index is 13.8. The van der Waals surface area contributed by atoms with Crippen molar-refractivity contribution < 1.29 is 14.4 Å². The van der Waals surface area contributed by atoms with Crippen molar-refractivity contribution in [3.05, 3.63) is 77.8 Å². The molecule has 2 aliphatic heterocycles. The molecule has 218 valence electrons. The minimum Gasteiger partial charge on any atom is -0.344 e. The minimum atomic E-state index is -0.535. The van der Waals surface area contributed by atoms with E-state index in [1.54, 1.807) is 32.8 Å². The summed E-state index contributed by atoms with van der Waals surface area (Å²) in [7, 11) is 0. The van der Waals surface area contributed by atoms with E-state index >= 15 is 0 Å². The van der Waals surface area contributed by atoms with Gasteiger partial charge in [0.05, 0.1) is 18.8 Å². The molecule has 0 unspecified atom stereocenters. The first-order chi connectivity index (χ1) is 20.5. The van der Waals surface area contributed by atoms with E-state index in [1.807, 2.05) is 37.3 Å². The number of rotatable bonds is 3. The van der Waals surface area contributed by atoms with Crippen LogP contribution in [0.5, 0.6) is 0 Å². The standard InChI is InChI=1S/C30H35N9O3/c1-21-33-28-23(19-22-9-3-2-4-10-22)34-29(41)24-11-5-6-16-37(24)27(40)13-8-15-36(17-18-38(28)35-21)30(42)25-20-31-26-12-7-14-32-39(25)26/h2-4,7,9-10,12,14,20,23-24H,5-6,8,11,13,15-19H2,1H3,(H,34,41)/t23-,24+/m1/s1. The Labute approximate surface area is 243 Å². The fourth-order valence-corrected chi connectivity index (χ4v) is 5.95. The molecule has 1 saturated heterocycles. The van der Waals surface area contributed by atoms with Gasteiger partial charge in [-0.1, -0.05) is 30.3 Å². The van der Waals surface area contributed by atoms with Gasteiger partial charge in [-0.2, -0.15) is 10.2 Å². The van der Waals surface area contributed by atoms with E-state index in [0.717, 1.165) is 18.4 Å². The normalized spacial score (nSPS) is 20.5. The van der Waals surface area contributed by atoms with Gasteiger partial charge in [-0.15, -0.1) is 0 Å². The van der Waals surface area contributed by atoms with E-state index < -0.39 is 12.1 Å². The lowest BCUT2D eigenvalue weighted by atomic mass is 9.99. The van der Waals surface area contributed by atoms with E-state index in [4.69, 9.17) is 4.98 Å². The highest BCUT2D eigenvalue weighted by molar-refractivity contribution is 5.93. The van der Waals surface area contributed by atoms with Crippen LogP contribution in [-0.4, -0.2) is 82.6 Å². The quantitative estimate of drug-likeness (QED) is 0.401. The first-order valence-electron chi connectivity index (χ1n) is 14.6. The number of imidazole rings is 1. The predicted molar refractivity (Wildman–Crippen MR) is 153 cm³/mol. The Hall–Kier alpha value is -4.61. The number of amides is 3. The molecule has 12 nitrogen and oxygen atoms in total. The molecule has 1 N–H and O–H groups in total. The molecule has 5 heterocycles. The summed E-state index contributed by atoms with van der Waals surface area (Å²) in [5, 5.41) is 12.2. The summed E-state index contributed by atoms with van der Waals surface area (Å²) in [4.78, 5) is 53.5. The molecule has 2 aliphatic rings. The third-order valence-corrected chi connectivity index (χ3v) is 8.03. The Bertz CT molecular complexity index is 1580. The number of nitrogens with one attached hydrogen (secondary N) is 1. The highest BCUT2D eigenvalue weighted by Gasteiger charge is 2.34. The van der Waals surface area contributed by atoms with E-state index in [-0.39, 0.29) is 24.1 Å². The van der Waals surface area contributed by atoms with Crippen LogP contribution in [0.25, 0.3) is 5.65 Å². The largest absolute Gasteiger partial charge is 0.344 e. The van der Waals surface area contributed by atoms with Crippen LogP contribution in [0.3, 0.4) is 0 Å². The smallest absolute Gasteiger partial charge is 0.274 e. The lowest BCUT2D eigenvalue weighted by Crippen LogP contribution is -2.53. The highest BCUT2D eigenvalue weighted by Crippen LogP contribution is 2.23. The molecular weight excluding hydrogens is 534 g/mol. The first kappa shape index (κ1) is 27.6. The van der Waals surface area contributed by atoms with Crippen LogP contribution >= 0.6 is 0 Å². The van der Waals surface area contributed by atoms with E-state index in [0.29, 0.717) is 68.4 Å². The fourth-order valence-electron chi connectivity index (χ4n) is 5.95. The number of benzene rings is 1. The van der Waals surface area contributed by atoms with E-state index in [9.17, 15) is 14.4 Å². The predicted octanol–water partition coefficient (Wildman–Crippen LogP) is 2.35. The number of carbonyl (C=O) groups excluding carboxylic acids is 3. The Morgan fingerprint density at radius 2 is 1.86 bits per heavy atom. The maximum Gasteiger partial charge on any atom is 0.274 e. The molecule has 3 aromatic heterocycles. The van der Waals surface area contributed by atoms with Gasteiger partial charge >= 0.3 is 0 Å². The fraction of sp³-hybridized carbons (Fsp3) is 0.433. The molecule has 2 atom stereocenters. The molecule has 0 saturated carbocycles. The molecule has 4 aromatic rings. The van der Waals surface area contributed by atoms with Crippen molar-refractivity contribution in [3.63, 3.8) is 0 Å². The second-order valence-corrected chi connectivity index (χ2v) is 10.9. The lowest BCUT2D eigenvalue weighted by molar-refractivity contribution is -0.142. The van der Waals surface area contributed by atoms with Crippen LogP contribution in [0, 0.1) is 6.92 Å². The van der Waals surface area contributed by atoms with Crippen molar-refractivity contribution in [2.75, 3.05) is 19.6 Å². The van der Waals surface area contributed by atoms with Crippen LogP contribution in [0.1, 0.15) is 65.8 Å². The van der Waals surface area contributed by atoms with Crippen LogP contribution in [0.4, 0.5) is 0 Å². The average Bonchev–Trinajstić information content (AvgIpc) is 3.61. The van der Waals surface area contributed by atoms with Gasteiger partial charge in [-0.25, -0.2) is 19.2 Å². The Morgan fingerprint density at radius 3 is 2.71 bits per heavy atom. The summed E-state index contributed by atoms with van der Waals surface area (Å²) in [6, 6.07) is 12.5. The molecule has 0 aliphatic carbocycles. The van der Waals surface area contributed by atoms with E-state index in [2.05, 4.69) is 20.5 Å². The summed E-state index contributed by atoms with van der Waals surface area (Å²) in [5.74, 6) is 0.767. The van der Waals surface area contributed by atoms with Gasteiger partial charge in [0, 0.05) is 32.3 Å². The molecule has 42 heavy (non-hydrogen) atoms. The zero-order valence-corrected chi connectivity index (χ0v) is 23.7. The van der Waals surface area contributed by atoms with Gasteiger partial charge in [-0.05, 0) is 56.7 Å². The third-order valence-electron chi connectivity index (χ3n) is 8.03. The van der Waals surface area contributed by atoms with Crippen molar-refractivity contribution in [3.8, 4) is 0 Å². The first-order valence-corrected chi connectivity index (χ1v) is 14.6. The SMILES string of the molecule is Cc1nc2n(n1)CCN(C(=O)c1cnc3cccnn13)CCCC(=O)N1CCCC[C@H]1C(=O)N[C@@H]2Cc1ccccc1. The number of aromatic nitrogens is 6. The van der Waals surface area contributed by atoms with Crippen molar-refractivity contribution in [1.82, 2.24) is 44.5 Å². The number of hydrogen-bond donors (Lipinski definition) is 1. The monoisotopic (exact) mass is 569 g/mol. The van der Waals surface area contributed by atoms with Gasteiger partial charge < -0.3 is 15.1 Å². The third kappa shape index (κ3) is 5.74. The summed E-state index contributed by atoms with van der Waals surface area (Å²) in [6.45, 7) is 3.44. The zero-order valence-electron chi connectivity index (χ0n) is 23.7. The molecule has 0 bridgehead atoms. The molecule has 6 rings (SSSR count). The number of aryl methyl sites for hydroxylation is 1. The molecule has 1 fully saturated rings. The van der Waals surface area contributed by atoms with Crippen molar-refractivity contribution in [2.24, 2.45) is 0 Å². The minimum absolute atomic E-state index is 0.0607. The molecule has 0 radical (unpaired) electrons. The van der Waals surface area contributed by atoms with Gasteiger partial charge in [0.1, 0.15) is 17.7 Å². The van der Waals surface area contributed by atoms with Crippen LogP contribution in [-0.2, 0) is 22.6 Å². The average molecular weight is 570 g/mol. The van der Waals surface area contributed by atoms with Gasteiger partial charge in [-0.3, -0.25) is 14.4 Å². The van der Waals surface area contributed by atoms with Crippen LogP contribution < -0.4 is 5.32 Å². The Balaban J connectivity index is 1.35. The molecule has 1 aromatic carbocycles. The number of piperidine rings is 1. The topological polar surface area (TPSA) is 131 Å². The summed E-state index contributed by atoms with van der Waals surface area (Å²) >= 11 is 0. The molecular formula is C30H35N9O3. The Morgan fingerprint density at radius 1 is 1.00 bits per heavy atom. The van der Waals surface area contributed by atoms with Crippen molar-refractivity contribution in [1.29, 1.82) is 0 Å². The summed E-state index contributed by atoms with van der Waals surface area (Å²) in [5.41, 5.74) is 1.99. The molecule has 12 heteroatoms. The summed E-state index contributed by atoms with van der Waals surface area (Å²) < 4.78 is 3.33. The van der Waals surface area contributed by atoms with Crippen molar-refractivity contribution >= 4 is 23.4 Å². The van der Waals surface area contributed by atoms with Gasteiger partial charge in [0.2, 0.25) is 11.8 Å². The maximum atomic E-state index is 13.8. The molecule has 0 spiro atoms. The zero-order chi connectivity index (χ0) is 29.1. The number of fused-ring (bicyclic) bond motifs is 3. The van der Waals surface area contributed by atoms with E-state index in [1.165, 1.54) is 10.7 Å². The number of nitrogens with zero attached hydrogens (tertiary/aromatic N) is 8. The number of carbonyl (C=O) groups is 3. The molecule has 3 amide bonds. The van der Waals surface area contributed by atoms with Gasteiger partial charge in [0.15, 0.2) is 11.3 Å². The second kappa shape index (κ2) is 12.1. The highest BCUT2D eigenvalue weighted by atomic mass is 16.2. The Kier molecular flexibility index (Phi) is 7.93. The van der Waals surface area contributed by atoms with Crippen LogP contribution in [0.15, 0.2) is 54.9 Å². The number of hydrogen-bond acceptors (Lipinski definition) is 7. The lowest BCUT2D eigenvalue weighted by Gasteiger charge is -2.36. The second-order valence-electron chi connectivity index (χ2n) is 10.9. The van der Waals surface area contributed by atoms with Gasteiger partial charge in [0.25, 0.3) is 5.91 Å².